The van der Waals surface area contributed by atoms with Gasteiger partial charge in [0.25, 0.3) is 5.91 Å². The third kappa shape index (κ3) is 4.42. The zero-order valence-corrected chi connectivity index (χ0v) is 13.7. The Labute approximate surface area is 144 Å². The number of aromatic nitrogens is 2. The molecule has 3 rings (SSSR count). The molecule has 1 fully saturated rings. The van der Waals surface area contributed by atoms with Gasteiger partial charge in [0, 0.05) is 32.3 Å². The lowest BCUT2D eigenvalue weighted by molar-refractivity contribution is -0.135. The van der Waals surface area contributed by atoms with Gasteiger partial charge in [0.2, 0.25) is 5.91 Å². The van der Waals surface area contributed by atoms with Crippen LogP contribution in [0.15, 0.2) is 36.5 Å². The molecular formula is C17H19FN4O3. The SMILES string of the molecule is O=C(NCCC(=O)N1CCOCC1)c1ccn(-c2cccc(F)c2)n1. The van der Waals surface area contributed by atoms with E-state index in [1.807, 2.05) is 0 Å². The first-order valence-corrected chi connectivity index (χ1v) is 8.09. The Morgan fingerprint density at radius 1 is 1.24 bits per heavy atom. The molecule has 0 aliphatic carbocycles. The Bertz CT molecular complexity index is 756. The van der Waals surface area contributed by atoms with Crippen LogP contribution in [0.2, 0.25) is 0 Å². The molecule has 2 heterocycles. The second-order valence-electron chi connectivity index (χ2n) is 5.62. The molecule has 0 spiro atoms. The highest BCUT2D eigenvalue weighted by molar-refractivity contribution is 5.92. The predicted molar refractivity (Wildman–Crippen MR) is 87.9 cm³/mol. The molecule has 0 atom stereocenters. The van der Waals surface area contributed by atoms with Crippen molar-refractivity contribution >= 4 is 11.8 Å². The lowest BCUT2D eigenvalue weighted by atomic mass is 10.3. The van der Waals surface area contributed by atoms with Crippen LogP contribution in [0.4, 0.5) is 4.39 Å². The van der Waals surface area contributed by atoms with Crippen molar-refractivity contribution in [1.82, 2.24) is 20.0 Å². The van der Waals surface area contributed by atoms with Crippen LogP contribution < -0.4 is 5.32 Å². The van der Waals surface area contributed by atoms with Crippen molar-refractivity contribution in [1.29, 1.82) is 0 Å². The number of ether oxygens (including phenoxy) is 1. The highest BCUT2D eigenvalue weighted by Gasteiger charge is 2.17. The number of carbonyl (C=O) groups is 2. The molecule has 1 N–H and O–H groups in total. The molecule has 0 bridgehead atoms. The van der Waals surface area contributed by atoms with Crippen LogP contribution in [0, 0.1) is 5.82 Å². The summed E-state index contributed by atoms with van der Waals surface area (Å²) in [5.74, 6) is -0.751. The summed E-state index contributed by atoms with van der Waals surface area (Å²) in [4.78, 5) is 25.8. The van der Waals surface area contributed by atoms with Crippen LogP contribution in [-0.4, -0.2) is 59.3 Å². The van der Waals surface area contributed by atoms with Gasteiger partial charge in [0.05, 0.1) is 18.9 Å². The summed E-state index contributed by atoms with van der Waals surface area (Å²) in [5.41, 5.74) is 0.740. The van der Waals surface area contributed by atoms with E-state index >= 15 is 0 Å². The quantitative estimate of drug-likeness (QED) is 0.876. The Hall–Kier alpha value is -2.74. The van der Waals surface area contributed by atoms with Crippen molar-refractivity contribution < 1.29 is 18.7 Å². The number of morpholine rings is 1. The van der Waals surface area contributed by atoms with E-state index in [1.54, 1.807) is 29.3 Å². The minimum absolute atomic E-state index is 0.00566. The van der Waals surface area contributed by atoms with E-state index in [1.165, 1.54) is 16.8 Å². The largest absolute Gasteiger partial charge is 0.378 e. The van der Waals surface area contributed by atoms with E-state index in [9.17, 15) is 14.0 Å². The number of halogens is 1. The molecule has 1 aromatic carbocycles. The maximum absolute atomic E-state index is 13.2. The molecule has 0 radical (unpaired) electrons. The standard InChI is InChI=1S/C17H19FN4O3/c18-13-2-1-3-14(12-13)22-7-5-15(20-22)17(24)19-6-4-16(23)21-8-10-25-11-9-21/h1-3,5,7,12H,4,6,8-11H2,(H,19,24). The van der Waals surface area contributed by atoms with Gasteiger partial charge in [-0.2, -0.15) is 5.10 Å². The van der Waals surface area contributed by atoms with Gasteiger partial charge < -0.3 is 15.0 Å². The summed E-state index contributed by atoms with van der Waals surface area (Å²) in [6.45, 7) is 2.52. The summed E-state index contributed by atoms with van der Waals surface area (Å²) < 4.78 is 19.9. The van der Waals surface area contributed by atoms with Crippen molar-refractivity contribution in [3.05, 3.63) is 48.0 Å². The second-order valence-corrected chi connectivity index (χ2v) is 5.62. The zero-order chi connectivity index (χ0) is 17.6. The Balaban J connectivity index is 1.51. The summed E-state index contributed by atoms with van der Waals surface area (Å²) in [6, 6.07) is 7.48. The number of rotatable bonds is 5. The molecule has 2 amide bonds. The third-order valence-corrected chi connectivity index (χ3v) is 3.88. The van der Waals surface area contributed by atoms with Crippen LogP contribution in [-0.2, 0) is 9.53 Å². The number of hydrogen-bond donors (Lipinski definition) is 1. The van der Waals surface area contributed by atoms with Crippen molar-refractivity contribution in [3.8, 4) is 5.69 Å². The molecule has 25 heavy (non-hydrogen) atoms. The van der Waals surface area contributed by atoms with E-state index in [0.29, 0.717) is 32.0 Å². The Morgan fingerprint density at radius 2 is 2.04 bits per heavy atom. The summed E-state index contributed by atoms with van der Waals surface area (Å²) in [6.07, 6.45) is 1.82. The van der Waals surface area contributed by atoms with Gasteiger partial charge in [-0.05, 0) is 24.3 Å². The number of nitrogens with one attached hydrogen (secondary N) is 1. The van der Waals surface area contributed by atoms with Gasteiger partial charge in [-0.15, -0.1) is 0 Å². The lowest BCUT2D eigenvalue weighted by Gasteiger charge is -2.26. The zero-order valence-electron chi connectivity index (χ0n) is 13.7. The first-order chi connectivity index (χ1) is 12.1. The first kappa shape index (κ1) is 17.1. The Morgan fingerprint density at radius 3 is 2.80 bits per heavy atom. The number of nitrogens with zero attached hydrogens (tertiary/aromatic N) is 3. The van der Waals surface area contributed by atoms with Crippen LogP contribution in [0.5, 0.6) is 0 Å². The minimum atomic E-state index is -0.374. The maximum Gasteiger partial charge on any atom is 0.271 e. The van der Waals surface area contributed by atoms with Crippen molar-refractivity contribution in [3.63, 3.8) is 0 Å². The molecule has 1 saturated heterocycles. The van der Waals surface area contributed by atoms with Gasteiger partial charge in [-0.25, -0.2) is 9.07 Å². The number of benzene rings is 1. The smallest absolute Gasteiger partial charge is 0.271 e. The van der Waals surface area contributed by atoms with E-state index in [0.717, 1.165) is 0 Å². The average Bonchev–Trinajstić information content (AvgIpc) is 3.12. The van der Waals surface area contributed by atoms with Crippen molar-refractivity contribution in [2.24, 2.45) is 0 Å². The van der Waals surface area contributed by atoms with Gasteiger partial charge in [0.1, 0.15) is 5.82 Å². The topological polar surface area (TPSA) is 76.5 Å². The first-order valence-electron chi connectivity index (χ1n) is 8.09. The molecule has 0 saturated carbocycles. The second kappa shape index (κ2) is 7.89. The summed E-state index contributed by atoms with van der Waals surface area (Å²) >= 11 is 0. The highest BCUT2D eigenvalue weighted by Crippen LogP contribution is 2.09. The van der Waals surface area contributed by atoms with Gasteiger partial charge >= 0.3 is 0 Å². The molecule has 1 aromatic heterocycles. The lowest BCUT2D eigenvalue weighted by Crippen LogP contribution is -2.42. The van der Waals surface area contributed by atoms with Gasteiger partial charge in [-0.1, -0.05) is 6.07 Å². The van der Waals surface area contributed by atoms with Crippen LogP contribution in [0.25, 0.3) is 5.69 Å². The monoisotopic (exact) mass is 346 g/mol. The fraction of sp³-hybridized carbons (Fsp3) is 0.353. The van der Waals surface area contributed by atoms with Gasteiger partial charge in [-0.3, -0.25) is 9.59 Å². The van der Waals surface area contributed by atoms with E-state index in [2.05, 4.69) is 10.4 Å². The van der Waals surface area contributed by atoms with Gasteiger partial charge in [0.15, 0.2) is 5.69 Å². The Kier molecular flexibility index (Phi) is 5.39. The van der Waals surface area contributed by atoms with E-state index in [-0.39, 0.29) is 36.3 Å². The molecule has 132 valence electrons. The molecule has 8 heteroatoms. The number of hydrogen-bond acceptors (Lipinski definition) is 4. The van der Waals surface area contributed by atoms with E-state index < -0.39 is 0 Å². The third-order valence-electron chi connectivity index (χ3n) is 3.88. The summed E-state index contributed by atoms with van der Waals surface area (Å²) in [5, 5.41) is 6.81. The predicted octanol–water partition coefficient (Wildman–Crippen LogP) is 0.990. The van der Waals surface area contributed by atoms with Crippen molar-refractivity contribution in [2.75, 3.05) is 32.8 Å². The fourth-order valence-electron chi connectivity index (χ4n) is 2.55. The van der Waals surface area contributed by atoms with Crippen LogP contribution in [0.1, 0.15) is 16.9 Å². The molecule has 1 aliphatic rings. The van der Waals surface area contributed by atoms with Crippen LogP contribution >= 0.6 is 0 Å². The summed E-state index contributed by atoms with van der Waals surface area (Å²) in [7, 11) is 0. The average molecular weight is 346 g/mol. The molecule has 0 unspecified atom stereocenters. The maximum atomic E-state index is 13.2. The molecule has 2 aromatic rings. The number of carbonyl (C=O) groups excluding carboxylic acids is 2. The fourth-order valence-corrected chi connectivity index (χ4v) is 2.55. The highest BCUT2D eigenvalue weighted by atomic mass is 19.1. The van der Waals surface area contributed by atoms with Crippen molar-refractivity contribution in [2.45, 2.75) is 6.42 Å². The number of amides is 2. The minimum Gasteiger partial charge on any atom is -0.378 e. The normalized spacial score (nSPS) is 14.4. The molecule has 1 aliphatic heterocycles. The molecular weight excluding hydrogens is 327 g/mol. The van der Waals surface area contributed by atoms with E-state index in [4.69, 9.17) is 4.74 Å². The molecule has 7 nitrogen and oxygen atoms in total. The van der Waals surface area contributed by atoms with Crippen LogP contribution in [0.3, 0.4) is 0 Å².